The second-order valence-corrected chi connectivity index (χ2v) is 6.51. The maximum Gasteiger partial charge on any atom is 0.271 e. The molecular formula is C16H20N4O4. The summed E-state index contributed by atoms with van der Waals surface area (Å²) in [7, 11) is 0. The summed E-state index contributed by atoms with van der Waals surface area (Å²) >= 11 is 0. The van der Waals surface area contributed by atoms with Crippen molar-refractivity contribution in [1.29, 1.82) is 0 Å². The molecule has 0 spiro atoms. The summed E-state index contributed by atoms with van der Waals surface area (Å²) in [4.78, 5) is 22.2. The Hall–Kier alpha value is -2.74. The number of aromatic nitrogens is 2. The molecule has 1 atom stereocenters. The fraction of sp³-hybridized carbons (Fsp3) is 0.375. The van der Waals surface area contributed by atoms with Crippen LogP contribution in [0.1, 0.15) is 31.3 Å². The zero-order chi connectivity index (χ0) is 17.9. The fourth-order valence-corrected chi connectivity index (χ4v) is 1.90. The minimum absolute atomic E-state index is 0.0139. The smallest absolute Gasteiger partial charge is 0.271 e. The lowest BCUT2D eigenvalue weighted by Crippen LogP contribution is -2.39. The molecule has 8 nitrogen and oxygen atoms in total. The molecule has 0 fully saturated rings. The number of nitrogens with one attached hydrogen (secondary N) is 1. The molecule has 0 saturated heterocycles. The van der Waals surface area contributed by atoms with Crippen molar-refractivity contribution in [2.45, 2.75) is 26.9 Å². The van der Waals surface area contributed by atoms with Crippen LogP contribution in [-0.2, 0) is 0 Å². The highest BCUT2D eigenvalue weighted by Crippen LogP contribution is 2.18. The van der Waals surface area contributed by atoms with E-state index in [9.17, 15) is 20.0 Å². The molecule has 1 unspecified atom stereocenters. The Morgan fingerprint density at radius 3 is 2.50 bits per heavy atom. The van der Waals surface area contributed by atoms with Gasteiger partial charge >= 0.3 is 0 Å². The molecule has 1 aromatic heterocycles. The number of aliphatic hydroxyl groups excluding tert-OH is 1. The van der Waals surface area contributed by atoms with Gasteiger partial charge < -0.3 is 10.4 Å². The topological polar surface area (TPSA) is 110 Å². The van der Waals surface area contributed by atoms with Gasteiger partial charge in [-0.15, -0.1) is 0 Å². The van der Waals surface area contributed by atoms with Crippen molar-refractivity contribution in [2.75, 3.05) is 6.54 Å². The Morgan fingerprint density at radius 2 is 1.96 bits per heavy atom. The molecule has 128 valence electrons. The summed E-state index contributed by atoms with van der Waals surface area (Å²) in [6.07, 6.45) is 0.925. The normalized spacial score (nSPS) is 12.7. The molecule has 8 heteroatoms. The van der Waals surface area contributed by atoms with Gasteiger partial charge in [-0.3, -0.25) is 14.9 Å². The van der Waals surface area contributed by atoms with E-state index >= 15 is 0 Å². The number of hydrogen-bond donors (Lipinski definition) is 2. The van der Waals surface area contributed by atoms with Crippen LogP contribution < -0.4 is 5.32 Å². The van der Waals surface area contributed by atoms with Gasteiger partial charge in [0.2, 0.25) is 0 Å². The second kappa shape index (κ2) is 6.79. The summed E-state index contributed by atoms with van der Waals surface area (Å²) in [5.41, 5.74) is 0.467. The van der Waals surface area contributed by atoms with Crippen LogP contribution in [-0.4, -0.2) is 38.4 Å². The van der Waals surface area contributed by atoms with Gasteiger partial charge in [0.15, 0.2) is 5.69 Å². The van der Waals surface area contributed by atoms with Crippen molar-refractivity contribution in [3.05, 3.63) is 52.3 Å². The van der Waals surface area contributed by atoms with Gasteiger partial charge in [-0.05, 0) is 23.6 Å². The maximum absolute atomic E-state index is 12.1. The first-order valence-electron chi connectivity index (χ1n) is 7.45. The van der Waals surface area contributed by atoms with Crippen LogP contribution >= 0.6 is 0 Å². The van der Waals surface area contributed by atoms with Crippen LogP contribution in [0.15, 0.2) is 36.5 Å². The third-order valence-corrected chi connectivity index (χ3v) is 3.60. The van der Waals surface area contributed by atoms with E-state index in [0.717, 1.165) is 0 Å². The first-order valence-corrected chi connectivity index (χ1v) is 7.45. The minimum Gasteiger partial charge on any atom is -0.391 e. The van der Waals surface area contributed by atoms with Gasteiger partial charge in [-0.2, -0.15) is 5.10 Å². The lowest BCUT2D eigenvalue weighted by molar-refractivity contribution is -0.384. The first kappa shape index (κ1) is 17.6. The van der Waals surface area contributed by atoms with E-state index in [1.165, 1.54) is 16.8 Å². The molecule has 24 heavy (non-hydrogen) atoms. The van der Waals surface area contributed by atoms with Gasteiger partial charge in [0, 0.05) is 24.9 Å². The molecule has 0 aliphatic carbocycles. The van der Waals surface area contributed by atoms with E-state index < -0.39 is 11.0 Å². The SMILES string of the molecule is CC(C)(C)C(O)CNC(=O)c1ccn(-c2ccc([N+](=O)[O-])cc2)n1. The zero-order valence-corrected chi connectivity index (χ0v) is 13.8. The lowest BCUT2D eigenvalue weighted by atomic mass is 9.89. The van der Waals surface area contributed by atoms with E-state index in [4.69, 9.17) is 0 Å². The molecule has 1 aromatic carbocycles. The molecule has 2 N–H and O–H groups in total. The van der Waals surface area contributed by atoms with Gasteiger partial charge in [-0.1, -0.05) is 20.8 Å². The fourth-order valence-electron chi connectivity index (χ4n) is 1.90. The Bertz CT molecular complexity index is 731. The molecule has 2 rings (SSSR count). The molecule has 2 aromatic rings. The number of rotatable bonds is 5. The summed E-state index contributed by atoms with van der Waals surface area (Å²) in [5, 5.41) is 27.4. The number of nitrogens with zero attached hydrogens (tertiary/aromatic N) is 3. The van der Waals surface area contributed by atoms with Crippen LogP contribution in [0.5, 0.6) is 0 Å². The van der Waals surface area contributed by atoms with Crippen LogP contribution in [0.4, 0.5) is 5.69 Å². The first-order chi connectivity index (χ1) is 11.2. The minimum atomic E-state index is -0.668. The number of non-ortho nitro benzene ring substituents is 1. The highest BCUT2D eigenvalue weighted by atomic mass is 16.6. The van der Waals surface area contributed by atoms with E-state index in [1.54, 1.807) is 24.4 Å². The molecule has 0 aliphatic heterocycles. The zero-order valence-electron chi connectivity index (χ0n) is 13.8. The number of hydrogen-bond acceptors (Lipinski definition) is 5. The molecule has 1 amide bonds. The van der Waals surface area contributed by atoms with Crippen molar-refractivity contribution in [3.63, 3.8) is 0 Å². The summed E-state index contributed by atoms with van der Waals surface area (Å²) in [6.45, 7) is 5.78. The highest BCUT2D eigenvalue weighted by molar-refractivity contribution is 5.92. The Balaban J connectivity index is 2.04. The number of carbonyl (C=O) groups is 1. The Morgan fingerprint density at radius 1 is 1.33 bits per heavy atom. The van der Waals surface area contributed by atoms with E-state index in [2.05, 4.69) is 10.4 Å². The molecular weight excluding hydrogens is 312 g/mol. The number of nitro benzene ring substituents is 1. The second-order valence-electron chi connectivity index (χ2n) is 6.51. The number of carbonyl (C=O) groups excluding carboxylic acids is 1. The van der Waals surface area contributed by atoms with E-state index in [0.29, 0.717) is 5.69 Å². The maximum atomic E-state index is 12.1. The van der Waals surface area contributed by atoms with Crippen molar-refractivity contribution in [2.24, 2.45) is 5.41 Å². The predicted molar refractivity (Wildman–Crippen MR) is 88.0 cm³/mol. The number of amides is 1. The molecule has 0 bridgehead atoms. The van der Waals surface area contributed by atoms with Gasteiger partial charge in [0.05, 0.1) is 16.7 Å². The summed E-state index contributed by atoms with van der Waals surface area (Å²) < 4.78 is 1.46. The summed E-state index contributed by atoms with van der Waals surface area (Å²) in [5.74, 6) is -0.390. The van der Waals surface area contributed by atoms with Crippen molar-refractivity contribution < 1.29 is 14.8 Å². The van der Waals surface area contributed by atoms with Crippen LogP contribution in [0.25, 0.3) is 5.69 Å². The molecule has 0 aliphatic rings. The number of nitro groups is 1. The van der Waals surface area contributed by atoms with Crippen molar-refractivity contribution in [1.82, 2.24) is 15.1 Å². The number of aliphatic hydroxyl groups is 1. The molecule has 1 heterocycles. The average molecular weight is 332 g/mol. The van der Waals surface area contributed by atoms with E-state index in [-0.39, 0.29) is 29.2 Å². The number of benzene rings is 1. The quantitative estimate of drug-likeness (QED) is 0.642. The van der Waals surface area contributed by atoms with Crippen LogP contribution in [0.3, 0.4) is 0 Å². The van der Waals surface area contributed by atoms with Gasteiger partial charge in [0.1, 0.15) is 0 Å². The standard InChI is InChI=1S/C16H20N4O4/c1-16(2,3)14(21)10-17-15(22)13-8-9-19(18-13)11-4-6-12(7-5-11)20(23)24/h4-9,14,21H,10H2,1-3H3,(H,17,22). The Kier molecular flexibility index (Phi) is 4.99. The molecule has 0 radical (unpaired) electrons. The van der Waals surface area contributed by atoms with Crippen molar-refractivity contribution >= 4 is 11.6 Å². The average Bonchev–Trinajstić information content (AvgIpc) is 3.01. The highest BCUT2D eigenvalue weighted by Gasteiger charge is 2.23. The van der Waals surface area contributed by atoms with Crippen molar-refractivity contribution in [3.8, 4) is 5.69 Å². The largest absolute Gasteiger partial charge is 0.391 e. The molecule has 0 saturated carbocycles. The predicted octanol–water partition coefficient (Wildman–Crippen LogP) is 1.92. The van der Waals surface area contributed by atoms with Crippen LogP contribution in [0, 0.1) is 15.5 Å². The van der Waals surface area contributed by atoms with Crippen LogP contribution in [0.2, 0.25) is 0 Å². The van der Waals surface area contributed by atoms with E-state index in [1.807, 2.05) is 20.8 Å². The van der Waals surface area contributed by atoms with Gasteiger partial charge in [0.25, 0.3) is 11.6 Å². The third-order valence-electron chi connectivity index (χ3n) is 3.60. The third kappa shape index (κ3) is 4.17. The Labute approximate surface area is 139 Å². The lowest BCUT2D eigenvalue weighted by Gasteiger charge is -2.25. The van der Waals surface area contributed by atoms with Gasteiger partial charge in [-0.25, -0.2) is 4.68 Å². The monoisotopic (exact) mass is 332 g/mol. The summed E-state index contributed by atoms with van der Waals surface area (Å²) in [6, 6.07) is 7.39.